The van der Waals surface area contributed by atoms with Crippen LogP contribution < -0.4 is 5.84 Å². The van der Waals surface area contributed by atoms with E-state index in [9.17, 15) is 18.0 Å². The molecular weight excluding hydrogens is 319 g/mol. The van der Waals surface area contributed by atoms with Crippen LogP contribution in [-0.4, -0.2) is 44.0 Å². The van der Waals surface area contributed by atoms with E-state index in [2.05, 4.69) is 17.1 Å². The van der Waals surface area contributed by atoms with Gasteiger partial charge in [-0.05, 0) is 25.7 Å². The molecule has 1 fully saturated rings. The first-order valence-corrected chi connectivity index (χ1v) is 7.81. The zero-order valence-electron chi connectivity index (χ0n) is 12.3. The number of aromatic nitrogens is 3. The summed E-state index contributed by atoms with van der Waals surface area (Å²) < 4.78 is 38.2. The number of hydrogen-bond acceptors (Lipinski definition) is 5. The SMILES string of the molecule is CC1CCN(C(=O)C(C)Sc2nnc(C(F)(F)F)n2N)CC1. The standard InChI is InChI=1S/C12H18F3N5OS/c1-7-3-5-19(6-4-7)9(21)8(2)22-11-18-17-10(20(11)16)12(13,14)15/h7-8H,3-6,16H2,1-2H3. The van der Waals surface area contributed by atoms with Crippen LogP contribution in [0.25, 0.3) is 0 Å². The van der Waals surface area contributed by atoms with Crippen LogP contribution in [0.5, 0.6) is 0 Å². The molecule has 0 bridgehead atoms. The fourth-order valence-electron chi connectivity index (χ4n) is 2.25. The molecule has 1 atom stereocenters. The maximum atomic E-state index is 12.6. The Morgan fingerprint density at radius 2 is 1.95 bits per heavy atom. The lowest BCUT2D eigenvalue weighted by molar-refractivity contribution is -0.146. The van der Waals surface area contributed by atoms with E-state index in [-0.39, 0.29) is 11.1 Å². The van der Waals surface area contributed by atoms with Gasteiger partial charge < -0.3 is 10.7 Å². The number of halogens is 3. The summed E-state index contributed by atoms with van der Waals surface area (Å²) in [4.78, 5) is 14.0. The van der Waals surface area contributed by atoms with Crippen LogP contribution in [0, 0.1) is 5.92 Å². The number of likely N-dealkylation sites (tertiary alicyclic amines) is 1. The number of carbonyl (C=O) groups excluding carboxylic acids is 1. The number of hydrogen-bond donors (Lipinski definition) is 1. The molecule has 1 saturated heterocycles. The van der Waals surface area contributed by atoms with Gasteiger partial charge >= 0.3 is 6.18 Å². The van der Waals surface area contributed by atoms with Crippen molar-refractivity contribution in [2.45, 2.75) is 43.3 Å². The maximum Gasteiger partial charge on any atom is 0.453 e. The van der Waals surface area contributed by atoms with Crippen molar-refractivity contribution in [2.75, 3.05) is 18.9 Å². The van der Waals surface area contributed by atoms with Gasteiger partial charge in [-0.15, -0.1) is 10.2 Å². The summed E-state index contributed by atoms with van der Waals surface area (Å²) in [5, 5.41) is 5.77. The molecule has 0 aliphatic carbocycles. The highest BCUT2D eigenvalue weighted by atomic mass is 32.2. The Morgan fingerprint density at radius 1 is 1.36 bits per heavy atom. The minimum absolute atomic E-state index is 0.117. The number of amides is 1. The summed E-state index contributed by atoms with van der Waals surface area (Å²) in [7, 11) is 0. The first-order chi connectivity index (χ1) is 10.2. The number of alkyl halides is 3. The van der Waals surface area contributed by atoms with Gasteiger partial charge in [0, 0.05) is 13.1 Å². The summed E-state index contributed by atoms with van der Waals surface area (Å²) in [5.41, 5.74) is 0. The second-order valence-electron chi connectivity index (χ2n) is 5.44. The van der Waals surface area contributed by atoms with Crippen molar-refractivity contribution in [1.29, 1.82) is 0 Å². The average molecular weight is 337 g/mol. The molecule has 0 radical (unpaired) electrons. The Hall–Kier alpha value is -1.45. The molecule has 1 amide bonds. The van der Waals surface area contributed by atoms with Crippen LogP contribution in [0.4, 0.5) is 13.2 Å². The molecule has 0 spiro atoms. The molecular formula is C12H18F3N5OS. The Bertz CT molecular complexity index is 539. The van der Waals surface area contributed by atoms with Gasteiger partial charge in [0.25, 0.3) is 5.82 Å². The topological polar surface area (TPSA) is 77.0 Å². The van der Waals surface area contributed by atoms with E-state index in [1.807, 2.05) is 0 Å². The van der Waals surface area contributed by atoms with Crippen molar-refractivity contribution in [3.8, 4) is 0 Å². The highest BCUT2D eigenvalue weighted by Gasteiger charge is 2.38. The smallest absolute Gasteiger partial charge is 0.342 e. The molecule has 2 heterocycles. The lowest BCUT2D eigenvalue weighted by atomic mass is 9.99. The molecule has 1 aromatic rings. The van der Waals surface area contributed by atoms with Crippen LogP contribution in [0.15, 0.2) is 5.16 Å². The Kier molecular flexibility index (Phi) is 4.88. The van der Waals surface area contributed by atoms with Crippen molar-refractivity contribution < 1.29 is 18.0 Å². The Morgan fingerprint density at radius 3 is 2.45 bits per heavy atom. The third-order valence-electron chi connectivity index (χ3n) is 3.64. The van der Waals surface area contributed by atoms with Gasteiger partial charge in [-0.3, -0.25) is 4.79 Å². The van der Waals surface area contributed by atoms with Gasteiger partial charge in [-0.25, -0.2) is 4.68 Å². The predicted molar refractivity (Wildman–Crippen MR) is 75.5 cm³/mol. The molecule has 1 aliphatic heterocycles. The molecule has 1 aliphatic rings. The van der Waals surface area contributed by atoms with Gasteiger partial charge in [0.05, 0.1) is 5.25 Å². The van der Waals surface area contributed by atoms with Crippen molar-refractivity contribution in [3.05, 3.63) is 5.82 Å². The number of nitrogens with two attached hydrogens (primary N) is 1. The third-order valence-corrected chi connectivity index (χ3v) is 4.69. The molecule has 0 aromatic carbocycles. The van der Waals surface area contributed by atoms with E-state index in [0.717, 1.165) is 24.6 Å². The van der Waals surface area contributed by atoms with E-state index in [0.29, 0.717) is 23.7 Å². The average Bonchev–Trinajstić information content (AvgIpc) is 2.80. The van der Waals surface area contributed by atoms with Crippen LogP contribution in [-0.2, 0) is 11.0 Å². The highest BCUT2D eigenvalue weighted by molar-refractivity contribution is 8.00. The number of carbonyl (C=O) groups is 1. The van der Waals surface area contributed by atoms with Gasteiger partial charge in [0.15, 0.2) is 0 Å². The number of piperidine rings is 1. The van der Waals surface area contributed by atoms with Gasteiger partial charge in [0.2, 0.25) is 11.1 Å². The van der Waals surface area contributed by atoms with Gasteiger partial charge in [-0.2, -0.15) is 13.2 Å². The molecule has 6 nitrogen and oxygen atoms in total. The lowest BCUT2D eigenvalue weighted by Gasteiger charge is -2.31. The van der Waals surface area contributed by atoms with Crippen LogP contribution in [0.2, 0.25) is 0 Å². The quantitative estimate of drug-likeness (QED) is 0.672. The summed E-state index contributed by atoms with van der Waals surface area (Å²) >= 11 is 0.883. The van der Waals surface area contributed by atoms with E-state index in [1.54, 1.807) is 11.8 Å². The normalized spacial score (nSPS) is 18.5. The number of nitrogens with zero attached hydrogens (tertiary/aromatic N) is 4. The predicted octanol–water partition coefficient (Wildman–Crippen LogP) is 1.75. The summed E-state index contributed by atoms with van der Waals surface area (Å²) in [6, 6.07) is 0. The molecule has 2 N–H and O–H groups in total. The van der Waals surface area contributed by atoms with Gasteiger partial charge in [-0.1, -0.05) is 18.7 Å². The molecule has 124 valence electrons. The van der Waals surface area contributed by atoms with Gasteiger partial charge in [0.1, 0.15) is 0 Å². The highest BCUT2D eigenvalue weighted by Crippen LogP contribution is 2.30. The minimum atomic E-state index is -4.67. The number of rotatable bonds is 3. The fraction of sp³-hybridized carbons (Fsp3) is 0.750. The van der Waals surface area contributed by atoms with Crippen LogP contribution in [0.3, 0.4) is 0 Å². The fourth-order valence-corrected chi connectivity index (χ4v) is 3.10. The molecule has 1 unspecified atom stereocenters. The Balaban J connectivity index is 2.01. The van der Waals surface area contributed by atoms with E-state index >= 15 is 0 Å². The van der Waals surface area contributed by atoms with E-state index in [4.69, 9.17) is 5.84 Å². The molecule has 2 rings (SSSR count). The van der Waals surface area contributed by atoms with Crippen molar-refractivity contribution >= 4 is 17.7 Å². The number of thioether (sulfide) groups is 1. The largest absolute Gasteiger partial charge is 0.453 e. The van der Waals surface area contributed by atoms with Crippen molar-refractivity contribution in [3.63, 3.8) is 0 Å². The van der Waals surface area contributed by atoms with Crippen LogP contribution in [0.1, 0.15) is 32.5 Å². The summed E-state index contributed by atoms with van der Waals surface area (Å²) in [6.07, 6.45) is -2.79. The zero-order chi connectivity index (χ0) is 16.5. The molecule has 0 saturated carbocycles. The van der Waals surface area contributed by atoms with Crippen LogP contribution >= 0.6 is 11.8 Å². The lowest BCUT2D eigenvalue weighted by Crippen LogP contribution is -2.41. The minimum Gasteiger partial charge on any atom is -0.342 e. The Labute approximate surface area is 130 Å². The van der Waals surface area contributed by atoms with E-state index in [1.165, 1.54) is 0 Å². The third kappa shape index (κ3) is 3.65. The summed E-state index contributed by atoms with van der Waals surface area (Å²) in [6.45, 7) is 5.12. The molecule has 22 heavy (non-hydrogen) atoms. The van der Waals surface area contributed by atoms with Crippen molar-refractivity contribution in [1.82, 2.24) is 19.8 Å². The second-order valence-corrected chi connectivity index (χ2v) is 6.75. The first kappa shape index (κ1) is 16.9. The monoisotopic (exact) mass is 337 g/mol. The van der Waals surface area contributed by atoms with E-state index < -0.39 is 17.3 Å². The first-order valence-electron chi connectivity index (χ1n) is 6.93. The second kappa shape index (κ2) is 6.35. The molecule has 1 aromatic heterocycles. The maximum absolute atomic E-state index is 12.6. The summed E-state index contributed by atoms with van der Waals surface area (Å²) in [5.74, 6) is 4.56. The van der Waals surface area contributed by atoms with Crippen molar-refractivity contribution in [2.24, 2.45) is 5.92 Å². The zero-order valence-corrected chi connectivity index (χ0v) is 13.1. The number of nitrogen functional groups attached to an aromatic ring is 1. The molecule has 10 heteroatoms.